The molecule has 0 bridgehead atoms. The number of anilines is 2. The minimum absolute atomic E-state index is 0.0684. The molecule has 1 unspecified atom stereocenters. The lowest BCUT2D eigenvalue weighted by Crippen LogP contribution is -2.73. The highest BCUT2D eigenvalue weighted by molar-refractivity contribution is 7.13. The first-order valence-electron chi connectivity index (χ1n) is 15.7. The fourth-order valence-electron chi connectivity index (χ4n) is 6.87. The molecular formula is C33H34FN9O3S. The first kappa shape index (κ1) is 29.5. The van der Waals surface area contributed by atoms with Crippen molar-refractivity contribution in [2.45, 2.75) is 51.8 Å². The number of hydrogen-bond acceptors (Lipinski definition) is 9. The van der Waals surface area contributed by atoms with Crippen LogP contribution in [0.3, 0.4) is 0 Å². The van der Waals surface area contributed by atoms with Crippen LogP contribution >= 0.6 is 11.3 Å². The van der Waals surface area contributed by atoms with Crippen LogP contribution in [-0.4, -0.2) is 78.0 Å². The molecule has 4 aromatic heterocycles. The molecule has 242 valence electrons. The molecule has 2 fully saturated rings. The Kier molecular flexibility index (Phi) is 6.83. The lowest BCUT2D eigenvalue weighted by atomic mass is 9.73. The zero-order chi connectivity index (χ0) is 32.5. The summed E-state index contributed by atoms with van der Waals surface area (Å²) in [5.74, 6) is -0.0131. The molecule has 2 amide bonds. The summed E-state index contributed by atoms with van der Waals surface area (Å²) >= 11 is 1.32. The summed E-state index contributed by atoms with van der Waals surface area (Å²) in [4.78, 5) is 43.3. The summed E-state index contributed by atoms with van der Waals surface area (Å²) in [7, 11) is 0. The maximum atomic E-state index is 16.1. The molecule has 12 nitrogen and oxygen atoms in total. The summed E-state index contributed by atoms with van der Waals surface area (Å²) in [6.07, 6.45) is 8.26. The Hall–Kier alpha value is -4.85. The van der Waals surface area contributed by atoms with Crippen molar-refractivity contribution in [3.8, 4) is 11.1 Å². The standard InChI is InChI=1S/C33H34FN9O3S/c1-32(2,3)46-31(45)42-17-33(18-42)15-41(16-33)24-9-7-20(13-36-24)22-8-6-21-14-43(39-26(21)25(22)34)28(29(44)38-30-35-10-12-47-30)27-23-5-4-11-40(23)19-37-27/h6-10,12-14,19,28H,4-5,11,15-18H2,1-3H3,(H,35,38,44). The van der Waals surface area contributed by atoms with Crippen LogP contribution in [0.5, 0.6) is 0 Å². The van der Waals surface area contributed by atoms with E-state index in [-0.39, 0.29) is 22.9 Å². The normalized spacial score (nSPS) is 17.4. The second kappa shape index (κ2) is 10.9. The number of nitrogens with zero attached hydrogens (tertiary/aromatic N) is 8. The Labute approximate surface area is 274 Å². The molecule has 14 heteroatoms. The van der Waals surface area contributed by atoms with Crippen LogP contribution in [0.1, 0.15) is 44.6 Å². The van der Waals surface area contributed by atoms with Crippen molar-refractivity contribution in [1.82, 2.24) is 34.2 Å². The van der Waals surface area contributed by atoms with Crippen LogP contribution in [0.4, 0.5) is 20.1 Å². The maximum absolute atomic E-state index is 16.1. The van der Waals surface area contributed by atoms with E-state index in [0.29, 0.717) is 40.4 Å². The number of imidazole rings is 1. The minimum atomic E-state index is -0.892. The number of hydrogen-bond donors (Lipinski definition) is 1. The van der Waals surface area contributed by atoms with Crippen molar-refractivity contribution >= 4 is 45.2 Å². The highest BCUT2D eigenvalue weighted by Gasteiger charge is 2.54. The molecule has 1 spiro atoms. The number of halogens is 1. The summed E-state index contributed by atoms with van der Waals surface area (Å²) in [5, 5.41) is 10.3. The third-order valence-electron chi connectivity index (χ3n) is 9.00. The highest BCUT2D eigenvalue weighted by Crippen LogP contribution is 2.42. The number of amides is 2. The Balaban J connectivity index is 1.01. The third kappa shape index (κ3) is 5.29. The van der Waals surface area contributed by atoms with Crippen molar-refractivity contribution in [2.75, 3.05) is 36.4 Å². The van der Waals surface area contributed by atoms with Gasteiger partial charge in [-0.25, -0.2) is 24.1 Å². The van der Waals surface area contributed by atoms with Crippen LogP contribution in [-0.2, 0) is 22.5 Å². The Morgan fingerprint density at radius 2 is 1.91 bits per heavy atom. The van der Waals surface area contributed by atoms with Crippen molar-refractivity contribution < 1.29 is 18.7 Å². The molecule has 0 saturated carbocycles. The predicted molar refractivity (Wildman–Crippen MR) is 175 cm³/mol. The van der Waals surface area contributed by atoms with Crippen molar-refractivity contribution in [3.63, 3.8) is 0 Å². The molecule has 8 rings (SSSR count). The number of thiazole rings is 1. The highest BCUT2D eigenvalue weighted by atomic mass is 32.1. The fraction of sp³-hybridized carbons (Fsp3) is 0.394. The van der Waals surface area contributed by atoms with Crippen LogP contribution in [0.15, 0.2) is 54.6 Å². The van der Waals surface area contributed by atoms with Gasteiger partial charge in [0.15, 0.2) is 17.0 Å². The first-order chi connectivity index (χ1) is 22.6. The van der Waals surface area contributed by atoms with Gasteiger partial charge >= 0.3 is 6.09 Å². The lowest BCUT2D eigenvalue weighted by Gasteiger charge is -2.60. The second-order valence-corrected chi connectivity index (χ2v) is 14.6. The predicted octanol–water partition coefficient (Wildman–Crippen LogP) is 5.12. The summed E-state index contributed by atoms with van der Waals surface area (Å²) < 4.78 is 25.2. The molecule has 47 heavy (non-hydrogen) atoms. The van der Waals surface area contributed by atoms with E-state index < -0.39 is 17.5 Å². The molecule has 5 aromatic rings. The van der Waals surface area contributed by atoms with E-state index >= 15 is 4.39 Å². The third-order valence-corrected chi connectivity index (χ3v) is 9.69. The van der Waals surface area contributed by atoms with Gasteiger partial charge < -0.3 is 19.1 Å². The molecule has 7 heterocycles. The Morgan fingerprint density at radius 1 is 1.09 bits per heavy atom. The summed E-state index contributed by atoms with van der Waals surface area (Å²) in [5.41, 5.74) is 2.32. The molecule has 1 aromatic carbocycles. The fourth-order valence-corrected chi connectivity index (χ4v) is 7.40. The van der Waals surface area contributed by atoms with Gasteiger partial charge in [-0.15, -0.1) is 11.3 Å². The monoisotopic (exact) mass is 655 g/mol. The molecule has 3 aliphatic heterocycles. The minimum Gasteiger partial charge on any atom is -0.444 e. The average Bonchev–Trinajstić information content (AvgIpc) is 3.78. The van der Waals surface area contributed by atoms with E-state index in [1.165, 1.54) is 16.0 Å². The Bertz CT molecular complexity index is 1980. The SMILES string of the molecule is CC(C)(C)OC(=O)N1CC2(C1)CN(c1ccc(-c3ccc4cn(C(C(=O)Nc5nccs5)c5ncn6c5CCC6)nc4c3F)cn1)C2. The second-order valence-electron chi connectivity index (χ2n) is 13.7. The van der Waals surface area contributed by atoms with Gasteiger partial charge in [0.05, 0.1) is 12.0 Å². The van der Waals surface area contributed by atoms with Gasteiger partial charge in [-0.3, -0.25) is 14.8 Å². The smallest absolute Gasteiger partial charge is 0.410 e. The molecule has 1 N–H and O–H groups in total. The van der Waals surface area contributed by atoms with Crippen molar-refractivity contribution in [3.05, 3.63) is 71.8 Å². The van der Waals surface area contributed by atoms with Crippen LogP contribution in [0, 0.1) is 11.2 Å². The number of aromatic nitrogens is 6. The van der Waals surface area contributed by atoms with Crippen LogP contribution < -0.4 is 10.2 Å². The molecule has 1 atom stereocenters. The molecule has 0 radical (unpaired) electrons. The van der Waals surface area contributed by atoms with Gasteiger partial charge in [-0.1, -0.05) is 12.1 Å². The van der Waals surface area contributed by atoms with E-state index in [1.807, 2.05) is 39.0 Å². The van der Waals surface area contributed by atoms with Gasteiger partial charge in [0.2, 0.25) is 0 Å². The quantitative estimate of drug-likeness (QED) is 0.268. The number of rotatable bonds is 6. The maximum Gasteiger partial charge on any atom is 0.410 e. The van der Waals surface area contributed by atoms with E-state index in [4.69, 9.17) is 4.74 Å². The number of benzene rings is 1. The molecule has 0 aliphatic carbocycles. The number of pyridine rings is 1. The molecule has 3 aliphatic rings. The van der Waals surface area contributed by atoms with Gasteiger partial charge in [0, 0.05) is 84.3 Å². The number of carbonyl (C=O) groups excluding carboxylic acids is 2. The van der Waals surface area contributed by atoms with Crippen molar-refractivity contribution in [2.24, 2.45) is 5.41 Å². The van der Waals surface area contributed by atoms with E-state index in [9.17, 15) is 9.59 Å². The number of ether oxygens (including phenoxy) is 1. The van der Waals surface area contributed by atoms with Crippen LogP contribution in [0.2, 0.25) is 0 Å². The largest absolute Gasteiger partial charge is 0.444 e. The summed E-state index contributed by atoms with van der Waals surface area (Å²) in [6.45, 7) is 9.39. The van der Waals surface area contributed by atoms with Crippen LogP contribution in [0.25, 0.3) is 22.0 Å². The zero-order valence-corrected chi connectivity index (χ0v) is 27.1. The van der Waals surface area contributed by atoms with Gasteiger partial charge in [-0.05, 0) is 45.7 Å². The van der Waals surface area contributed by atoms with E-state index in [2.05, 4.69) is 34.8 Å². The first-order valence-corrected chi connectivity index (χ1v) is 16.5. The van der Waals surface area contributed by atoms with Gasteiger partial charge in [0.1, 0.15) is 16.9 Å². The van der Waals surface area contributed by atoms with E-state index in [0.717, 1.165) is 44.0 Å². The molecule has 2 saturated heterocycles. The topological polar surface area (TPSA) is 123 Å². The average molecular weight is 656 g/mol. The van der Waals surface area contributed by atoms with Gasteiger partial charge in [0.25, 0.3) is 5.91 Å². The zero-order valence-electron chi connectivity index (χ0n) is 26.3. The summed E-state index contributed by atoms with van der Waals surface area (Å²) in [6, 6.07) is 6.40. The number of fused-ring (bicyclic) bond motifs is 2. The number of likely N-dealkylation sites (tertiary alicyclic amines) is 1. The number of nitrogens with one attached hydrogen (secondary N) is 1. The number of carbonyl (C=O) groups is 2. The Morgan fingerprint density at radius 3 is 2.64 bits per heavy atom. The van der Waals surface area contributed by atoms with Crippen molar-refractivity contribution in [1.29, 1.82) is 0 Å². The lowest BCUT2D eigenvalue weighted by molar-refractivity contribution is -0.118. The van der Waals surface area contributed by atoms with Gasteiger partial charge in [-0.2, -0.15) is 5.10 Å². The van der Waals surface area contributed by atoms with E-state index in [1.54, 1.807) is 41.3 Å². The number of aryl methyl sites for hydroxylation is 1. The molecular weight excluding hydrogens is 621 g/mol.